The average molecular weight is 249 g/mol. The molecule has 0 unspecified atom stereocenters. The first kappa shape index (κ1) is 13.2. The minimum atomic E-state index is 0.427. The van der Waals surface area contributed by atoms with Crippen LogP contribution in [0, 0.1) is 0 Å². The first-order valence-electron chi connectivity index (χ1n) is 6.83. The number of methoxy groups -OCH3 is 1. The molecule has 2 N–H and O–H groups in total. The van der Waals surface area contributed by atoms with E-state index in [9.17, 15) is 0 Å². The summed E-state index contributed by atoms with van der Waals surface area (Å²) in [6, 6.07) is 5.86. The summed E-state index contributed by atoms with van der Waals surface area (Å²) in [7, 11) is 1.63. The van der Waals surface area contributed by atoms with E-state index in [1.807, 2.05) is 18.2 Å². The van der Waals surface area contributed by atoms with Gasteiger partial charge in [0.15, 0.2) is 0 Å². The van der Waals surface area contributed by atoms with Gasteiger partial charge < -0.3 is 15.2 Å². The molecule has 0 aliphatic heterocycles. The highest BCUT2D eigenvalue weighted by Gasteiger charge is 2.12. The highest BCUT2D eigenvalue weighted by molar-refractivity contribution is 5.54. The first-order valence-corrected chi connectivity index (χ1v) is 6.83. The molecule has 0 bridgehead atoms. The second-order valence-corrected chi connectivity index (χ2v) is 5.00. The molecule has 1 aliphatic rings. The van der Waals surface area contributed by atoms with Crippen LogP contribution in [0.4, 0.5) is 5.69 Å². The SMILES string of the molecule is COc1ccc(COC2CCCCCC2)cc1N. The van der Waals surface area contributed by atoms with Crippen LogP contribution in [0.15, 0.2) is 18.2 Å². The molecule has 1 fully saturated rings. The molecule has 3 heteroatoms. The van der Waals surface area contributed by atoms with Gasteiger partial charge in [-0.25, -0.2) is 0 Å². The lowest BCUT2D eigenvalue weighted by atomic mass is 10.1. The maximum Gasteiger partial charge on any atom is 0.141 e. The summed E-state index contributed by atoms with van der Waals surface area (Å²) in [5, 5.41) is 0. The molecular formula is C15H23NO2. The Morgan fingerprint density at radius 2 is 1.89 bits per heavy atom. The van der Waals surface area contributed by atoms with Crippen molar-refractivity contribution >= 4 is 5.69 Å². The minimum Gasteiger partial charge on any atom is -0.495 e. The Hall–Kier alpha value is -1.22. The Morgan fingerprint density at radius 3 is 2.50 bits per heavy atom. The van der Waals surface area contributed by atoms with E-state index in [0.29, 0.717) is 18.4 Å². The zero-order valence-corrected chi connectivity index (χ0v) is 11.2. The van der Waals surface area contributed by atoms with Gasteiger partial charge in [0.2, 0.25) is 0 Å². The third-order valence-electron chi connectivity index (χ3n) is 3.58. The van der Waals surface area contributed by atoms with Crippen LogP contribution in [0.5, 0.6) is 5.75 Å². The molecule has 0 heterocycles. The van der Waals surface area contributed by atoms with Crippen molar-refractivity contribution in [2.45, 2.75) is 51.2 Å². The summed E-state index contributed by atoms with van der Waals surface area (Å²) < 4.78 is 11.1. The monoisotopic (exact) mass is 249 g/mol. The fourth-order valence-electron chi connectivity index (χ4n) is 2.50. The fourth-order valence-corrected chi connectivity index (χ4v) is 2.50. The van der Waals surface area contributed by atoms with Crippen molar-refractivity contribution in [3.8, 4) is 5.75 Å². The van der Waals surface area contributed by atoms with Gasteiger partial charge in [0, 0.05) is 0 Å². The molecule has 1 aromatic rings. The molecule has 0 radical (unpaired) electrons. The Morgan fingerprint density at radius 1 is 1.17 bits per heavy atom. The van der Waals surface area contributed by atoms with E-state index in [0.717, 1.165) is 11.3 Å². The van der Waals surface area contributed by atoms with E-state index in [1.165, 1.54) is 38.5 Å². The summed E-state index contributed by atoms with van der Waals surface area (Å²) >= 11 is 0. The Balaban J connectivity index is 1.87. The van der Waals surface area contributed by atoms with Crippen LogP contribution in [0.2, 0.25) is 0 Å². The second kappa shape index (κ2) is 6.64. The van der Waals surface area contributed by atoms with E-state index in [4.69, 9.17) is 15.2 Å². The van der Waals surface area contributed by atoms with Crippen LogP contribution in [0.1, 0.15) is 44.1 Å². The normalized spacial score (nSPS) is 17.4. The highest BCUT2D eigenvalue weighted by Crippen LogP contribution is 2.24. The summed E-state index contributed by atoms with van der Waals surface area (Å²) in [5.41, 5.74) is 7.69. The molecule has 0 saturated heterocycles. The van der Waals surface area contributed by atoms with Crippen molar-refractivity contribution < 1.29 is 9.47 Å². The van der Waals surface area contributed by atoms with Gasteiger partial charge in [-0.3, -0.25) is 0 Å². The van der Waals surface area contributed by atoms with E-state index in [2.05, 4.69) is 0 Å². The van der Waals surface area contributed by atoms with Gasteiger partial charge >= 0.3 is 0 Å². The van der Waals surface area contributed by atoms with Gasteiger partial charge in [-0.2, -0.15) is 0 Å². The second-order valence-electron chi connectivity index (χ2n) is 5.00. The molecule has 1 saturated carbocycles. The first-order chi connectivity index (χ1) is 8.79. The van der Waals surface area contributed by atoms with Gasteiger partial charge in [-0.05, 0) is 30.5 Å². The number of hydrogen-bond donors (Lipinski definition) is 1. The van der Waals surface area contributed by atoms with E-state index in [-0.39, 0.29) is 0 Å². The van der Waals surface area contributed by atoms with Crippen LogP contribution >= 0.6 is 0 Å². The smallest absolute Gasteiger partial charge is 0.141 e. The van der Waals surface area contributed by atoms with Crippen molar-refractivity contribution in [2.24, 2.45) is 0 Å². The zero-order chi connectivity index (χ0) is 12.8. The molecule has 18 heavy (non-hydrogen) atoms. The van der Waals surface area contributed by atoms with Crippen LogP contribution in [-0.2, 0) is 11.3 Å². The summed E-state index contributed by atoms with van der Waals surface area (Å²) in [4.78, 5) is 0. The molecule has 1 aliphatic carbocycles. The Kier molecular flexibility index (Phi) is 4.88. The topological polar surface area (TPSA) is 44.5 Å². The third kappa shape index (κ3) is 3.64. The molecule has 100 valence electrons. The van der Waals surface area contributed by atoms with Crippen molar-refractivity contribution in [1.29, 1.82) is 0 Å². The van der Waals surface area contributed by atoms with E-state index < -0.39 is 0 Å². The fraction of sp³-hybridized carbons (Fsp3) is 0.600. The van der Waals surface area contributed by atoms with Gasteiger partial charge in [-0.1, -0.05) is 31.7 Å². The maximum absolute atomic E-state index is 5.98. The van der Waals surface area contributed by atoms with Gasteiger partial charge in [0.1, 0.15) is 5.75 Å². The number of nitrogen functional groups attached to an aromatic ring is 1. The Labute approximate surface area is 109 Å². The standard InChI is InChI=1S/C15H23NO2/c1-17-15-9-8-12(10-14(15)16)11-18-13-6-4-2-3-5-7-13/h8-10,13H,2-7,11,16H2,1H3. The zero-order valence-electron chi connectivity index (χ0n) is 11.2. The van der Waals surface area contributed by atoms with Crippen molar-refractivity contribution in [3.05, 3.63) is 23.8 Å². The number of nitrogens with two attached hydrogens (primary N) is 1. The van der Waals surface area contributed by atoms with Crippen LogP contribution in [-0.4, -0.2) is 13.2 Å². The number of ether oxygens (including phenoxy) is 2. The Bertz CT molecular complexity index is 371. The van der Waals surface area contributed by atoms with Gasteiger partial charge in [0.05, 0.1) is 25.5 Å². The predicted molar refractivity (Wildman–Crippen MR) is 73.7 cm³/mol. The molecule has 3 nitrogen and oxygen atoms in total. The summed E-state index contributed by atoms with van der Waals surface area (Å²) in [5.74, 6) is 0.730. The van der Waals surface area contributed by atoms with Crippen molar-refractivity contribution in [1.82, 2.24) is 0 Å². The average Bonchev–Trinajstić information content (AvgIpc) is 2.65. The lowest BCUT2D eigenvalue weighted by Crippen LogP contribution is -2.11. The number of rotatable bonds is 4. The molecule has 1 aromatic carbocycles. The van der Waals surface area contributed by atoms with E-state index in [1.54, 1.807) is 7.11 Å². The van der Waals surface area contributed by atoms with Gasteiger partial charge in [-0.15, -0.1) is 0 Å². The minimum absolute atomic E-state index is 0.427. The number of anilines is 1. The van der Waals surface area contributed by atoms with Crippen LogP contribution < -0.4 is 10.5 Å². The molecule has 0 amide bonds. The lowest BCUT2D eigenvalue weighted by Gasteiger charge is -2.15. The van der Waals surface area contributed by atoms with Gasteiger partial charge in [0.25, 0.3) is 0 Å². The highest BCUT2D eigenvalue weighted by atomic mass is 16.5. The number of hydrogen-bond acceptors (Lipinski definition) is 3. The summed E-state index contributed by atoms with van der Waals surface area (Å²) in [6.07, 6.45) is 8.14. The molecule has 0 spiro atoms. The van der Waals surface area contributed by atoms with Crippen molar-refractivity contribution in [2.75, 3.05) is 12.8 Å². The molecule has 0 atom stereocenters. The largest absolute Gasteiger partial charge is 0.495 e. The quantitative estimate of drug-likeness (QED) is 0.656. The molecular weight excluding hydrogens is 226 g/mol. The van der Waals surface area contributed by atoms with Crippen molar-refractivity contribution in [3.63, 3.8) is 0 Å². The van der Waals surface area contributed by atoms with Crippen LogP contribution in [0.3, 0.4) is 0 Å². The van der Waals surface area contributed by atoms with E-state index >= 15 is 0 Å². The molecule has 2 rings (SSSR count). The summed E-state index contributed by atoms with van der Waals surface area (Å²) in [6.45, 7) is 0.652. The number of benzene rings is 1. The van der Waals surface area contributed by atoms with Crippen LogP contribution in [0.25, 0.3) is 0 Å². The third-order valence-corrected chi connectivity index (χ3v) is 3.58. The maximum atomic E-state index is 5.98. The molecule has 0 aromatic heterocycles. The lowest BCUT2D eigenvalue weighted by molar-refractivity contribution is 0.0310. The predicted octanol–water partition coefficient (Wildman–Crippen LogP) is 3.52.